The van der Waals surface area contributed by atoms with Crippen LogP contribution < -0.4 is 10.1 Å². The van der Waals surface area contributed by atoms with Gasteiger partial charge in [-0.2, -0.15) is 0 Å². The summed E-state index contributed by atoms with van der Waals surface area (Å²) in [7, 11) is 1.65. The highest BCUT2D eigenvalue weighted by atomic mass is 32.1. The molecule has 1 atom stereocenters. The molecule has 0 aliphatic heterocycles. The number of amides is 1. The Morgan fingerprint density at radius 1 is 1.12 bits per heavy atom. The molecular formula is C20H21N3O2S. The first-order valence-electron chi connectivity index (χ1n) is 8.44. The second kappa shape index (κ2) is 8.58. The number of nitrogens with zero attached hydrogens (tertiary/aromatic N) is 2. The highest BCUT2D eigenvalue weighted by molar-refractivity contribution is 7.15. The molecule has 0 unspecified atom stereocenters. The minimum absolute atomic E-state index is 0.0477. The third-order valence-corrected chi connectivity index (χ3v) is 4.93. The number of nitrogens with one attached hydrogen (secondary N) is 1. The van der Waals surface area contributed by atoms with E-state index < -0.39 is 0 Å². The summed E-state index contributed by atoms with van der Waals surface area (Å²) < 4.78 is 5.16. The van der Waals surface area contributed by atoms with Gasteiger partial charge in [0.15, 0.2) is 0 Å². The molecule has 6 heteroatoms. The largest absolute Gasteiger partial charge is 0.497 e. The van der Waals surface area contributed by atoms with Crippen LogP contribution in [0, 0.1) is 0 Å². The van der Waals surface area contributed by atoms with Crippen LogP contribution in [0.25, 0.3) is 0 Å². The lowest BCUT2D eigenvalue weighted by atomic mass is 9.98. The van der Waals surface area contributed by atoms with Gasteiger partial charge in [-0.1, -0.05) is 60.7 Å². The van der Waals surface area contributed by atoms with Crippen molar-refractivity contribution in [1.82, 2.24) is 10.2 Å². The molecule has 0 bridgehead atoms. The molecule has 2 aromatic carbocycles. The Hall–Kier alpha value is -2.73. The molecule has 3 rings (SSSR count). The Bertz CT molecular complexity index is 847. The fourth-order valence-electron chi connectivity index (χ4n) is 2.64. The van der Waals surface area contributed by atoms with Gasteiger partial charge in [0.05, 0.1) is 7.11 Å². The van der Waals surface area contributed by atoms with Gasteiger partial charge in [0, 0.05) is 12.8 Å². The van der Waals surface area contributed by atoms with E-state index >= 15 is 0 Å². The number of methoxy groups -OCH3 is 1. The number of aromatic nitrogens is 2. The third-order valence-electron chi connectivity index (χ3n) is 4.09. The van der Waals surface area contributed by atoms with Gasteiger partial charge in [0.2, 0.25) is 11.0 Å². The average Bonchev–Trinajstić information content (AvgIpc) is 3.09. The fourth-order valence-corrected chi connectivity index (χ4v) is 3.43. The van der Waals surface area contributed by atoms with Crippen LogP contribution in [0.3, 0.4) is 0 Å². The zero-order valence-electron chi connectivity index (χ0n) is 14.8. The molecule has 0 saturated heterocycles. The number of carbonyl (C=O) groups excluding carboxylic acids is 1. The lowest BCUT2D eigenvalue weighted by Crippen LogP contribution is -2.14. The highest BCUT2D eigenvalue weighted by Crippen LogP contribution is 2.22. The monoisotopic (exact) mass is 367 g/mol. The van der Waals surface area contributed by atoms with E-state index in [9.17, 15) is 4.79 Å². The van der Waals surface area contributed by atoms with E-state index in [4.69, 9.17) is 4.74 Å². The van der Waals surface area contributed by atoms with Crippen molar-refractivity contribution < 1.29 is 9.53 Å². The summed E-state index contributed by atoms with van der Waals surface area (Å²) in [6.07, 6.45) is 1.09. The lowest BCUT2D eigenvalue weighted by Gasteiger charge is -2.10. The van der Waals surface area contributed by atoms with E-state index in [-0.39, 0.29) is 11.8 Å². The fraction of sp³-hybridized carbons (Fsp3) is 0.250. The predicted molar refractivity (Wildman–Crippen MR) is 104 cm³/mol. The van der Waals surface area contributed by atoms with E-state index in [1.165, 1.54) is 11.3 Å². The van der Waals surface area contributed by atoms with Gasteiger partial charge >= 0.3 is 0 Å². The van der Waals surface area contributed by atoms with Crippen molar-refractivity contribution in [3.8, 4) is 5.75 Å². The molecule has 0 aliphatic rings. The molecule has 26 heavy (non-hydrogen) atoms. The molecule has 1 aromatic heterocycles. The SMILES string of the molecule is COc1ccc(Cc2nnc(NC(=O)C[C@H](C)c3ccccc3)s2)cc1. The summed E-state index contributed by atoms with van der Waals surface area (Å²) in [4.78, 5) is 12.2. The van der Waals surface area contributed by atoms with Gasteiger partial charge in [-0.05, 0) is 29.2 Å². The maximum Gasteiger partial charge on any atom is 0.226 e. The Balaban J connectivity index is 1.55. The standard InChI is InChI=1S/C20H21N3O2S/c1-14(16-6-4-3-5-7-16)12-18(24)21-20-23-22-19(26-20)13-15-8-10-17(25-2)11-9-15/h3-11,14H,12-13H2,1-2H3,(H,21,23,24)/t14-/m0/s1. The Labute approximate surface area is 157 Å². The predicted octanol–water partition coefficient (Wildman–Crippen LogP) is 4.27. The van der Waals surface area contributed by atoms with Crippen molar-refractivity contribution >= 4 is 22.4 Å². The van der Waals surface area contributed by atoms with Crippen LogP contribution in [0.4, 0.5) is 5.13 Å². The van der Waals surface area contributed by atoms with Gasteiger partial charge in [-0.15, -0.1) is 10.2 Å². The van der Waals surface area contributed by atoms with Crippen molar-refractivity contribution in [3.63, 3.8) is 0 Å². The van der Waals surface area contributed by atoms with E-state index in [1.54, 1.807) is 7.11 Å². The molecule has 0 saturated carbocycles. The van der Waals surface area contributed by atoms with E-state index in [1.807, 2.05) is 61.5 Å². The smallest absolute Gasteiger partial charge is 0.226 e. The number of carbonyl (C=O) groups is 1. The zero-order valence-corrected chi connectivity index (χ0v) is 15.6. The molecule has 0 aliphatic carbocycles. The first-order valence-corrected chi connectivity index (χ1v) is 9.26. The number of hydrogen-bond acceptors (Lipinski definition) is 5. The molecule has 1 heterocycles. The van der Waals surface area contributed by atoms with Gasteiger partial charge in [-0.25, -0.2) is 0 Å². The van der Waals surface area contributed by atoms with Crippen molar-refractivity contribution in [1.29, 1.82) is 0 Å². The molecule has 1 N–H and O–H groups in total. The Morgan fingerprint density at radius 2 is 1.85 bits per heavy atom. The number of ether oxygens (including phenoxy) is 1. The van der Waals surface area contributed by atoms with Crippen LogP contribution in [-0.2, 0) is 11.2 Å². The zero-order chi connectivity index (χ0) is 18.4. The number of anilines is 1. The summed E-state index contributed by atoms with van der Waals surface area (Å²) in [6, 6.07) is 17.9. The second-order valence-corrected chi connectivity index (χ2v) is 7.15. The summed E-state index contributed by atoms with van der Waals surface area (Å²) in [5, 5.41) is 12.5. The van der Waals surface area contributed by atoms with Crippen LogP contribution in [-0.4, -0.2) is 23.2 Å². The molecule has 0 fully saturated rings. The summed E-state index contributed by atoms with van der Waals surface area (Å²) in [5.74, 6) is 0.933. The lowest BCUT2D eigenvalue weighted by molar-refractivity contribution is -0.116. The van der Waals surface area contributed by atoms with Crippen LogP contribution in [0.2, 0.25) is 0 Å². The Morgan fingerprint density at radius 3 is 2.54 bits per heavy atom. The molecule has 1 amide bonds. The second-order valence-electron chi connectivity index (χ2n) is 6.09. The quantitative estimate of drug-likeness (QED) is 0.677. The minimum atomic E-state index is -0.0477. The van der Waals surface area contributed by atoms with Crippen molar-refractivity contribution in [2.24, 2.45) is 0 Å². The van der Waals surface area contributed by atoms with Gasteiger partial charge in [-0.3, -0.25) is 4.79 Å². The van der Waals surface area contributed by atoms with Crippen LogP contribution in [0.15, 0.2) is 54.6 Å². The van der Waals surface area contributed by atoms with Gasteiger partial charge in [0.25, 0.3) is 0 Å². The maximum atomic E-state index is 12.2. The van der Waals surface area contributed by atoms with Crippen molar-refractivity contribution in [2.75, 3.05) is 12.4 Å². The first kappa shape index (κ1) is 18.1. The molecule has 0 spiro atoms. The number of rotatable bonds is 7. The van der Waals surface area contributed by atoms with Crippen LogP contribution >= 0.6 is 11.3 Å². The molecule has 0 radical (unpaired) electrons. The number of benzene rings is 2. The van der Waals surface area contributed by atoms with E-state index in [0.717, 1.165) is 21.9 Å². The van der Waals surface area contributed by atoms with Gasteiger partial charge < -0.3 is 10.1 Å². The topological polar surface area (TPSA) is 64.1 Å². The summed E-state index contributed by atoms with van der Waals surface area (Å²) in [6.45, 7) is 2.05. The van der Waals surface area contributed by atoms with E-state index in [0.29, 0.717) is 18.0 Å². The first-order chi connectivity index (χ1) is 12.6. The Kier molecular flexibility index (Phi) is 5.96. The average molecular weight is 367 g/mol. The van der Waals surface area contributed by atoms with Crippen molar-refractivity contribution in [2.45, 2.75) is 25.7 Å². The van der Waals surface area contributed by atoms with Crippen LogP contribution in [0.5, 0.6) is 5.75 Å². The summed E-state index contributed by atoms with van der Waals surface area (Å²) >= 11 is 1.40. The normalized spacial score (nSPS) is 11.8. The molecule has 3 aromatic rings. The molecule has 5 nitrogen and oxygen atoms in total. The highest BCUT2D eigenvalue weighted by Gasteiger charge is 2.13. The minimum Gasteiger partial charge on any atom is -0.497 e. The van der Waals surface area contributed by atoms with Crippen LogP contribution in [0.1, 0.15) is 35.4 Å². The third kappa shape index (κ3) is 4.89. The number of hydrogen-bond donors (Lipinski definition) is 1. The molecular weight excluding hydrogens is 346 g/mol. The van der Waals surface area contributed by atoms with Crippen molar-refractivity contribution in [3.05, 3.63) is 70.7 Å². The van der Waals surface area contributed by atoms with E-state index in [2.05, 4.69) is 15.5 Å². The summed E-state index contributed by atoms with van der Waals surface area (Å²) in [5.41, 5.74) is 2.28. The van der Waals surface area contributed by atoms with Gasteiger partial charge in [0.1, 0.15) is 10.8 Å². The molecule has 134 valence electrons. The maximum absolute atomic E-state index is 12.2.